The zero-order valence-electron chi connectivity index (χ0n) is 17.4. The molecule has 3 rings (SSSR count). The number of imidazole rings is 1. The number of aryl methyl sites for hydroxylation is 2. The molecular weight excluding hydrogens is 380 g/mol. The Morgan fingerprint density at radius 3 is 2.50 bits per heavy atom. The number of hydrogen-bond acceptors (Lipinski definition) is 3. The first-order chi connectivity index (χ1) is 14.3. The minimum absolute atomic E-state index is 0.181. The molecule has 0 aliphatic heterocycles. The third-order valence-corrected chi connectivity index (χ3v) is 5.17. The molecule has 0 radical (unpaired) electrons. The van der Waals surface area contributed by atoms with E-state index in [1.54, 1.807) is 7.05 Å². The van der Waals surface area contributed by atoms with Crippen molar-refractivity contribution < 1.29 is 9.59 Å². The lowest BCUT2D eigenvalue weighted by atomic mass is 10.0. The van der Waals surface area contributed by atoms with Crippen molar-refractivity contribution in [3.8, 4) is 0 Å². The van der Waals surface area contributed by atoms with Gasteiger partial charge in [-0.2, -0.15) is 0 Å². The van der Waals surface area contributed by atoms with Crippen molar-refractivity contribution in [1.82, 2.24) is 19.8 Å². The first kappa shape index (κ1) is 21.1. The van der Waals surface area contributed by atoms with Crippen LogP contribution in [0.5, 0.6) is 0 Å². The van der Waals surface area contributed by atoms with E-state index < -0.39 is 11.9 Å². The summed E-state index contributed by atoms with van der Waals surface area (Å²) >= 11 is 0. The van der Waals surface area contributed by atoms with Gasteiger partial charge in [0.1, 0.15) is 12.6 Å². The Bertz CT molecular complexity index is 1140. The first-order valence-electron chi connectivity index (χ1n) is 9.73. The zero-order chi connectivity index (χ0) is 21.8. The lowest BCUT2D eigenvalue weighted by molar-refractivity contribution is -0.133. The second-order valence-electron chi connectivity index (χ2n) is 7.38. The molecule has 30 heavy (non-hydrogen) atoms. The van der Waals surface area contributed by atoms with Gasteiger partial charge in [-0.3, -0.25) is 14.2 Å². The zero-order valence-corrected chi connectivity index (χ0v) is 17.4. The number of nitrogens with one attached hydrogen (secondary N) is 2. The van der Waals surface area contributed by atoms with Gasteiger partial charge < -0.3 is 15.2 Å². The number of H-pyrrole nitrogens is 1. The van der Waals surface area contributed by atoms with Crippen LogP contribution in [-0.2, 0) is 22.6 Å². The summed E-state index contributed by atoms with van der Waals surface area (Å²) in [6.45, 7) is 7.23. The molecule has 7 nitrogen and oxygen atoms in total. The van der Waals surface area contributed by atoms with E-state index in [0.29, 0.717) is 11.9 Å². The minimum atomic E-state index is -0.772. The fourth-order valence-corrected chi connectivity index (χ4v) is 3.50. The van der Waals surface area contributed by atoms with Gasteiger partial charge in [-0.1, -0.05) is 49.0 Å². The molecule has 1 atom stereocenters. The molecule has 0 spiro atoms. The number of carbonyl (C=O) groups excluding carboxylic acids is 2. The van der Waals surface area contributed by atoms with Crippen LogP contribution in [0, 0.1) is 13.8 Å². The Balaban J connectivity index is 1.86. The summed E-state index contributed by atoms with van der Waals surface area (Å²) in [6.07, 6.45) is 1.74. The predicted molar refractivity (Wildman–Crippen MR) is 117 cm³/mol. The van der Waals surface area contributed by atoms with Crippen molar-refractivity contribution >= 4 is 22.8 Å². The third kappa shape index (κ3) is 4.35. The van der Waals surface area contributed by atoms with Crippen LogP contribution in [0.4, 0.5) is 0 Å². The summed E-state index contributed by atoms with van der Waals surface area (Å²) in [4.78, 5) is 42.3. The minimum Gasteiger partial charge on any atom is -0.342 e. The summed E-state index contributed by atoms with van der Waals surface area (Å²) in [5.74, 6) is -0.689. The van der Waals surface area contributed by atoms with Gasteiger partial charge in [0.2, 0.25) is 11.8 Å². The van der Waals surface area contributed by atoms with Gasteiger partial charge in [0.05, 0.1) is 11.0 Å². The number of aromatic nitrogens is 2. The van der Waals surface area contributed by atoms with Crippen molar-refractivity contribution in [1.29, 1.82) is 0 Å². The Morgan fingerprint density at radius 2 is 1.83 bits per heavy atom. The Labute approximate surface area is 175 Å². The van der Waals surface area contributed by atoms with E-state index in [0.717, 1.165) is 22.2 Å². The molecule has 1 aromatic heterocycles. The number of carbonyl (C=O) groups is 2. The monoisotopic (exact) mass is 406 g/mol. The van der Waals surface area contributed by atoms with Crippen LogP contribution in [0.2, 0.25) is 0 Å². The van der Waals surface area contributed by atoms with E-state index in [9.17, 15) is 14.4 Å². The normalized spacial score (nSPS) is 11.8. The highest BCUT2D eigenvalue weighted by molar-refractivity contribution is 5.89. The molecule has 2 N–H and O–H groups in total. The second-order valence-corrected chi connectivity index (χ2v) is 7.38. The molecule has 0 saturated heterocycles. The molecule has 1 heterocycles. The fourth-order valence-electron chi connectivity index (χ4n) is 3.50. The quantitative estimate of drug-likeness (QED) is 0.631. The van der Waals surface area contributed by atoms with E-state index in [1.807, 2.05) is 56.3 Å². The molecule has 3 aromatic rings. The Morgan fingerprint density at radius 1 is 1.17 bits per heavy atom. The average molecular weight is 406 g/mol. The molecule has 2 aromatic carbocycles. The molecule has 0 bridgehead atoms. The molecule has 2 amide bonds. The van der Waals surface area contributed by atoms with Gasteiger partial charge in [0.25, 0.3) is 0 Å². The number of rotatable bonds is 7. The number of aromatic amines is 1. The van der Waals surface area contributed by atoms with Gasteiger partial charge in [-0.25, -0.2) is 4.79 Å². The number of likely N-dealkylation sites (N-methyl/N-ethyl adjacent to an activating group) is 1. The lowest BCUT2D eigenvalue weighted by Gasteiger charge is -2.22. The second kappa shape index (κ2) is 8.82. The molecule has 1 unspecified atom stereocenters. The van der Waals surface area contributed by atoms with E-state index in [1.165, 1.54) is 15.7 Å². The maximum atomic E-state index is 12.8. The van der Waals surface area contributed by atoms with Crippen LogP contribution in [0.15, 0.2) is 60.0 Å². The lowest BCUT2D eigenvalue weighted by Crippen LogP contribution is -2.48. The summed E-state index contributed by atoms with van der Waals surface area (Å²) in [5, 5.41) is 2.79. The molecule has 7 heteroatoms. The van der Waals surface area contributed by atoms with Crippen LogP contribution in [0.1, 0.15) is 16.7 Å². The summed E-state index contributed by atoms with van der Waals surface area (Å²) in [6, 6.07) is 12.5. The standard InChI is InChI=1S/C23H26N4O3/c1-5-26(4)22(29)18(13-17-9-7-6-8-10-17)24-19(28)14-27-21-16(3)12-11-15(2)20(21)25-23(27)30/h5-12,18H,1,13-14H2,2-4H3,(H,24,28)(H,25,30). The van der Waals surface area contributed by atoms with E-state index in [4.69, 9.17) is 0 Å². The van der Waals surface area contributed by atoms with Crippen LogP contribution in [0.3, 0.4) is 0 Å². The van der Waals surface area contributed by atoms with Crippen LogP contribution >= 0.6 is 0 Å². The highest BCUT2D eigenvalue weighted by atomic mass is 16.2. The number of amides is 2. The number of hydrogen-bond donors (Lipinski definition) is 2. The topological polar surface area (TPSA) is 87.2 Å². The summed E-state index contributed by atoms with van der Waals surface area (Å²) in [7, 11) is 1.59. The number of nitrogens with zero attached hydrogens (tertiary/aromatic N) is 2. The van der Waals surface area contributed by atoms with Crippen molar-refractivity contribution in [3.63, 3.8) is 0 Å². The van der Waals surface area contributed by atoms with Gasteiger partial charge in [-0.15, -0.1) is 0 Å². The molecule has 0 fully saturated rings. The smallest absolute Gasteiger partial charge is 0.326 e. The highest BCUT2D eigenvalue weighted by Crippen LogP contribution is 2.19. The molecule has 156 valence electrons. The Hall–Kier alpha value is -3.61. The maximum absolute atomic E-state index is 12.8. The van der Waals surface area contributed by atoms with Gasteiger partial charge in [-0.05, 0) is 36.7 Å². The molecule has 0 aliphatic carbocycles. The third-order valence-electron chi connectivity index (χ3n) is 5.17. The Kier molecular flexibility index (Phi) is 6.20. The molecule has 0 saturated carbocycles. The maximum Gasteiger partial charge on any atom is 0.326 e. The van der Waals surface area contributed by atoms with Crippen LogP contribution < -0.4 is 11.0 Å². The number of fused-ring (bicyclic) bond motifs is 1. The number of benzene rings is 2. The predicted octanol–water partition coefficient (Wildman–Crippen LogP) is 2.28. The van der Waals surface area contributed by atoms with Gasteiger partial charge in [0, 0.05) is 13.5 Å². The van der Waals surface area contributed by atoms with Gasteiger partial charge in [0.15, 0.2) is 0 Å². The molecular formula is C23H26N4O3. The summed E-state index contributed by atoms with van der Waals surface area (Å²) < 4.78 is 1.41. The highest BCUT2D eigenvalue weighted by Gasteiger charge is 2.24. The van der Waals surface area contributed by atoms with Crippen LogP contribution in [-0.4, -0.2) is 39.4 Å². The van der Waals surface area contributed by atoms with Crippen molar-refractivity contribution in [3.05, 3.63) is 82.4 Å². The SMILES string of the molecule is C=CN(C)C(=O)C(Cc1ccccc1)NC(=O)Cn1c(=O)[nH]c2c(C)ccc(C)c21. The van der Waals surface area contributed by atoms with Crippen molar-refractivity contribution in [2.45, 2.75) is 32.9 Å². The largest absolute Gasteiger partial charge is 0.342 e. The first-order valence-corrected chi connectivity index (χ1v) is 9.73. The fraction of sp³-hybridized carbons (Fsp3) is 0.261. The van der Waals surface area contributed by atoms with Gasteiger partial charge >= 0.3 is 5.69 Å². The molecule has 0 aliphatic rings. The van der Waals surface area contributed by atoms with E-state index >= 15 is 0 Å². The summed E-state index contributed by atoms with van der Waals surface area (Å²) in [5.41, 5.74) is 3.80. The van der Waals surface area contributed by atoms with E-state index in [2.05, 4.69) is 16.9 Å². The van der Waals surface area contributed by atoms with E-state index in [-0.39, 0.29) is 18.1 Å². The average Bonchev–Trinajstić information content (AvgIpc) is 3.07. The van der Waals surface area contributed by atoms with Crippen molar-refractivity contribution in [2.75, 3.05) is 7.05 Å². The van der Waals surface area contributed by atoms with Crippen molar-refractivity contribution in [2.24, 2.45) is 0 Å². The van der Waals surface area contributed by atoms with Crippen LogP contribution in [0.25, 0.3) is 11.0 Å².